The zero-order valence-corrected chi connectivity index (χ0v) is 20.0. The first-order valence-electron chi connectivity index (χ1n) is 10.9. The molecule has 0 radical (unpaired) electrons. The summed E-state index contributed by atoms with van der Waals surface area (Å²) in [5, 5.41) is 18.9. The topological polar surface area (TPSA) is 109 Å². The molecule has 0 bridgehead atoms. The third kappa shape index (κ3) is 5.76. The van der Waals surface area contributed by atoms with Crippen molar-refractivity contribution in [1.82, 2.24) is 0 Å². The van der Waals surface area contributed by atoms with E-state index in [2.05, 4.69) is 23.7 Å². The molecule has 7 heteroatoms. The molecule has 0 saturated heterocycles. The van der Waals surface area contributed by atoms with Crippen LogP contribution < -0.4 is 0 Å². The Bertz CT molecular complexity index is 1610. The van der Waals surface area contributed by atoms with Gasteiger partial charge in [0.1, 0.15) is 0 Å². The van der Waals surface area contributed by atoms with Gasteiger partial charge in [-0.05, 0) is 60.7 Å². The van der Waals surface area contributed by atoms with Crippen LogP contribution in [0.1, 0.15) is 43.0 Å². The van der Waals surface area contributed by atoms with Gasteiger partial charge in [-0.3, -0.25) is 0 Å². The monoisotopic (exact) mass is 506 g/mol. The molecular weight excluding hydrogens is 488 g/mol. The van der Waals surface area contributed by atoms with Crippen molar-refractivity contribution in [3.63, 3.8) is 0 Å². The Morgan fingerprint density at radius 3 is 1.27 bits per heavy atom. The van der Waals surface area contributed by atoms with E-state index in [0.29, 0.717) is 11.1 Å². The molecule has 4 aromatic carbocycles. The molecule has 2 N–H and O–H groups in total. The molecule has 0 aliphatic rings. The average Bonchev–Trinajstić information content (AvgIpc) is 2.91. The highest BCUT2D eigenvalue weighted by Gasteiger charge is 2.25. The minimum Gasteiger partial charge on any atom is -0.478 e. The summed E-state index contributed by atoms with van der Waals surface area (Å²) in [6.07, 6.45) is 0. The zero-order chi connectivity index (χ0) is 26.4. The maximum atomic E-state index is 13.8. The predicted molar refractivity (Wildman–Crippen MR) is 137 cm³/mol. The van der Waals surface area contributed by atoms with Gasteiger partial charge in [-0.1, -0.05) is 60.1 Å². The second-order valence-electron chi connectivity index (χ2n) is 7.77. The predicted octanol–water partition coefficient (Wildman–Crippen LogP) is 4.72. The highest BCUT2D eigenvalue weighted by atomic mass is 32.2. The maximum Gasteiger partial charge on any atom is 0.335 e. The fourth-order valence-corrected chi connectivity index (χ4v) is 4.96. The van der Waals surface area contributed by atoms with E-state index in [1.54, 1.807) is 48.5 Å². The van der Waals surface area contributed by atoms with Gasteiger partial charge in [-0.2, -0.15) is 0 Å². The Labute approximate surface area is 213 Å². The van der Waals surface area contributed by atoms with Crippen LogP contribution in [-0.4, -0.2) is 30.6 Å². The second-order valence-corrected chi connectivity index (χ2v) is 9.65. The van der Waals surface area contributed by atoms with Crippen LogP contribution in [0.25, 0.3) is 0 Å². The lowest BCUT2D eigenvalue weighted by Crippen LogP contribution is -2.09. The number of carbonyl (C=O) groups is 2. The highest BCUT2D eigenvalue weighted by Crippen LogP contribution is 2.28. The number of hydrogen-bond donors (Lipinski definition) is 2. The van der Waals surface area contributed by atoms with Crippen molar-refractivity contribution in [3.05, 3.63) is 130 Å². The number of carboxylic acid groups (broad SMARTS) is 2. The first-order chi connectivity index (χ1) is 17.8. The molecule has 0 amide bonds. The summed E-state index contributed by atoms with van der Waals surface area (Å²) in [7, 11) is -4.28. The van der Waals surface area contributed by atoms with Crippen molar-refractivity contribution in [2.75, 3.05) is 0 Å². The van der Waals surface area contributed by atoms with Gasteiger partial charge in [-0.25, -0.2) is 18.0 Å². The summed E-state index contributed by atoms with van der Waals surface area (Å²) in [4.78, 5) is 22.7. The smallest absolute Gasteiger partial charge is 0.335 e. The van der Waals surface area contributed by atoms with Crippen LogP contribution in [0, 0.1) is 23.7 Å². The first-order valence-corrected chi connectivity index (χ1v) is 12.4. The standard InChI is InChI=1S/C30H18O6S/c31-29(32)25-15-17-27(23(19-25)13-11-21-7-3-1-4-8-21)37(35,36)28-18-16-26(30(33)34)20-24(28)14-12-22-9-5-2-6-10-22/h1-10,15-20H,(H,31,32)(H,33,34). The van der Waals surface area contributed by atoms with E-state index in [9.17, 15) is 28.2 Å². The minimum atomic E-state index is -4.28. The normalized spacial score (nSPS) is 10.4. The highest BCUT2D eigenvalue weighted by molar-refractivity contribution is 7.91. The van der Waals surface area contributed by atoms with Gasteiger partial charge in [0.25, 0.3) is 0 Å². The van der Waals surface area contributed by atoms with Gasteiger partial charge >= 0.3 is 11.9 Å². The van der Waals surface area contributed by atoms with Crippen LogP contribution in [0.5, 0.6) is 0 Å². The molecule has 0 spiro atoms. The summed E-state index contributed by atoms with van der Waals surface area (Å²) in [6.45, 7) is 0. The Kier molecular flexibility index (Phi) is 7.20. The van der Waals surface area contributed by atoms with Gasteiger partial charge < -0.3 is 10.2 Å². The fourth-order valence-electron chi connectivity index (χ4n) is 3.43. The maximum absolute atomic E-state index is 13.8. The molecule has 0 aliphatic heterocycles. The van der Waals surface area contributed by atoms with Crippen LogP contribution in [0.15, 0.2) is 107 Å². The summed E-state index contributed by atoms with van der Waals surface area (Å²) in [5.41, 5.74) is 0.975. The number of aromatic carboxylic acids is 2. The summed E-state index contributed by atoms with van der Waals surface area (Å²) < 4.78 is 27.7. The zero-order valence-electron chi connectivity index (χ0n) is 19.2. The Balaban J connectivity index is 1.91. The lowest BCUT2D eigenvalue weighted by Gasteiger charge is -2.11. The number of rotatable bonds is 4. The molecule has 0 aliphatic carbocycles. The SMILES string of the molecule is O=C(O)c1ccc(S(=O)(=O)c2ccc(C(=O)O)cc2C#Cc2ccccc2)c(C#Cc2ccccc2)c1. The second kappa shape index (κ2) is 10.7. The van der Waals surface area contributed by atoms with Crippen LogP contribution in [-0.2, 0) is 9.84 Å². The van der Waals surface area contributed by atoms with Crippen molar-refractivity contribution < 1.29 is 28.2 Å². The van der Waals surface area contributed by atoms with Gasteiger partial charge in [0.15, 0.2) is 0 Å². The lowest BCUT2D eigenvalue weighted by atomic mass is 10.1. The minimum absolute atomic E-state index is 0.00645. The van der Waals surface area contributed by atoms with Crippen LogP contribution in [0.2, 0.25) is 0 Å². The Morgan fingerprint density at radius 2 is 0.919 bits per heavy atom. The van der Waals surface area contributed by atoms with E-state index in [1.807, 2.05) is 12.1 Å². The largest absolute Gasteiger partial charge is 0.478 e. The van der Waals surface area contributed by atoms with Crippen LogP contribution >= 0.6 is 0 Å². The molecule has 6 nitrogen and oxygen atoms in total. The summed E-state index contributed by atoms with van der Waals surface area (Å²) in [6, 6.07) is 24.8. The molecule has 0 saturated carbocycles. The molecule has 0 aromatic heterocycles. The Morgan fingerprint density at radius 1 is 0.541 bits per heavy atom. The molecule has 4 rings (SSSR count). The molecule has 37 heavy (non-hydrogen) atoms. The third-order valence-electron chi connectivity index (χ3n) is 5.26. The molecule has 0 unspecified atom stereocenters. The summed E-state index contributed by atoms with van der Waals surface area (Å²) >= 11 is 0. The van der Waals surface area contributed by atoms with E-state index < -0.39 is 21.8 Å². The van der Waals surface area contributed by atoms with Gasteiger partial charge in [-0.15, -0.1) is 0 Å². The quantitative estimate of drug-likeness (QED) is 0.388. The van der Waals surface area contributed by atoms with Gasteiger partial charge in [0.05, 0.1) is 20.9 Å². The first kappa shape index (κ1) is 25.0. The van der Waals surface area contributed by atoms with E-state index in [1.165, 1.54) is 36.4 Å². The van der Waals surface area contributed by atoms with Gasteiger partial charge in [0.2, 0.25) is 9.84 Å². The number of carboxylic acids is 2. The molecule has 0 fully saturated rings. The van der Waals surface area contributed by atoms with E-state index in [0.717, 1.165) is 0 Å². The third-order valence-corrected chi connectivity index (χ3v) is 7.13. The fraction of sp³-hybridized carbons (Fsp3) is 0. The van der Waals surface area contributed by atoms with Crippen LogP contribution in [0.3, 0.4) is 0 Å². The van der Waals surface area contributed by atoms with Crippen molar-refractivity contribution in [2.45, 2.75) is 9.79 Å². The molecule has 0 atom stereocenters. The van der Waals surface area contributed by atoms with E-state index in [-0.39, 0.29) is 32.0 Å². The molecule has 0 heterocycles. The lowest BCUT2D eigenvalue weighted by molar-refractivity contribution is 0.0686. The van der Waals surface area contributed by atoms with Crippen molar-refractivity contribution >= 4 is 21.8 Å². The van der Waals surface area contributed by atoms with Crippen LogP contribution in [0.4, 0.5) is 0 Å². The molecule has 4 aromatic rings. The summed E-state index contributed by atoms with van der Waals surface area (Å²) in [5.74, 6) is 8.84. The van der Waals surface area contributed by atoms with Crippen molar-refractivity contribution in [3.8, 4) is 23.7 Å². The Hall–Kier alpha value is -5.11. The molecule has 180 valence electrons. The van der Waals surface area contributed by atoms with Crippen molar-refractivity contribution in [1.29, 1.82) is 0 Å². The number of benzene rings is 4. The number of hydrogen-bond acceptors (Lipinski definition) is 4. The molecular formula is C30H18O6S. The van der Waals surface area contributed by atoms with E-state index >= 15 is 0 Å². The average molecular weight is 507 g/mol. The van der Waals surface area contributed by atoms with E-state index in [4.69, 9.17) is 0 Å². The number of sulfone groups is 1. The van der Waals surface area contributed by atoms with Crippen molar-refractivity contribution in [2.24, 2.45) is 0 Å². The van der Waals surface area contributed by atoms with Gasteiger partial charge in [0, 0.05) is 22.3 Å².